The first-order valence-electron chi connectivity index (χ1n) is 9.05. The highest BCUT2D eigenvalue weighted by molar-refractivity contribution is 7.98. The van der Waals surface area contributed by atoms with Gasteiger partial charge in [-0.3, -0.25) is 4.79 Å². The molecule has 26 heavy (non-hydrogen) atoms. The summed E-state index contributed by atoms with van der Waals surface area (Å²) in [7, 11) is 0. The van der Waals surface area contributed by atoms with Crippen LogP contribution in [0.4, 0.5) is 0 Å². The smallest absolute Gasteiger partial charge is 0.261 e. The zero-order valence-electron chi connectivity index (χ0n) is 16.1. The molecule has 5 heteroatoms. The van der Waals surface area contributed by atoms with Gasteiger partial charge in [0.2, 0.25) is 0 Å². The number of rotatable bonds is 9. The average Bonchev–Trinajstić information content (AvgIpc) is 3.12. The minimum Gasteiger partial charge on any atom is -0.481 e. The number of carbonyl (C=O) groups excluding carboxylic acids is 1. The van der Waals surface area contributed by atoms with Crippen molar-refractivity contribution in [1.29, 1.82) is 0 Å². The Hall–Kier alpha value is -1.88. The first kappa shape index (κ1) is 20.4. The first-order chi connectivity index (χ1) is 12.4. The van der Waals surface area contributed by atoms with Crippen LogP contribution in [0.5, 0.6) is 5.75 Å². The lowest BCUT2D eigenvalue weighted by atomic mass is 9.87. The van der Waals surface area contributed by atoms with Crippen molar-refractivity contribution in [1.82, 2.24) is 5.32 Å². The van der Waals surface area contributed by atoms with Gasteiger partial charge < -0.3 is 14.5 Å². The molecule has 1 unspecified atom stereocenters. The van der Waals surface area contributed by atoms with Gasteiger partial charge in [-0.2, -0.15) is 11.8 Å². The SMILES string of the molecule is CCC(Oc1ccc(C(C)(C)C)cc1)C(=O)NCCSCc1ccco1. The molecular weight excluding hydrogens is 346 g/mol. The molecule has 0 spiro atoms. The number of hydrogen-bond donors (Lipinski definition) is 1. The summed E-state index contributed by atoms with van der Waals surface area (Å²) in [6.45, 7) is 9.10. The van der Waals surface area contributed by atoms with Crippen LogP contribution in [0.15, 0.2) is 47.1 Å². The van der Waals surface area contributed by atoms with E-state index in [0.717, 1.165) is 23.0 Å². The van der Waals surface area contributed by atoms with E-state index < -0.39 is 6.10 Å². The van der Waals surface area contributed by atoms with E-state index in [9.17, 15) is 4.79 Å². The van der Waals surface area contributed by atoms with Gasteiger partial charge in [0.1, 0.15) is 11.5 Å². The molecule has 4 nitrogen and oxygen atoms in total. The molecule has 1 atom stereocenters. The largest absolute Gasteiger partial charge is 0.481 e. The van der Waals surface area contributed by atoms with Crippen molar-refractivity contribution in [2.45, 2.75) is 51.4 Å². The van der Waals surface area contributed by atoms with Crippen LogP contribution >= 0.6 is 11.8 Å². The molecule has 0 saturated heterocycles. The van der Waals surface area contributed by atoms with Crippen LogP contribution in [0.25, 0.3) is 0 Å². The first-order valence-corrected chi connectivity index (χ1v) is 10.2. The van der Waals surface area contributed by atoms with Gasteiger partial charge in [0, 0.05) is 12.3 Å². The van der Waals surface area contributed by atoms with Crippen LogP contribution in [0, 0.1) is 0 Å². The van der Waals surface area contributed by atoms with Crippen molar-refractivity contribution >= 4 is 17.7 Å². The molecule has 1 N–H and O–H groups in total. The molecule has 0 bridgehead atoms. The van der Waals surface area contributed by atoms with Crippen LogP contribution in [-0.2, 0) is 16.0 Å². The molecule has 2 aromatic rings. The third kappa shape index (κ3) is 6.45. The lowest BCUT2D eigenvalue weighted by Crippen LogP contribution is -2.39. The molecule has 1 aromatic heterocycles. The fourth-order valence-corrected chi connectivity index (χ4v) is 3.20. The molecule has 1 heterocycles. The van der Waals surface area contributed by atoms with Gasteiger partial charge in [0.05, 0.1) is 12.0 Å². The maximum absolute atomic E-state index is 12.3. The zero-order valence-corrected chi connectivity index (χ0v) is 16.9. The fourth-order valence-electron chi connectivity index (χ4n) is 2.45. The molecular formula is C21H29NO3S. The van der Waals surface area contributed by atoms with E-state index in [1.807, 2.05) is 31.2 Å². The van der Waals surface area contributed by atoms with Crippen LogP contribution in [0.3, 0.4) is 0 Å². The Morgan fingerprint density at radius 3 is 2.54 bits per heavy atom. The summed E-state index contributed by atoms with van der Waals surface area (Å²) in [6, 6.07) is 11.8. The van der Waals surface area contributed by atoms with Gasteiger partial charge in [-0.15, -0.1) is 0 Å². The second kappa shape index (κ2) is 9.72. The third-order valence-electron chi connectivity index (χ3n) is 4.03. The monoisotopic (exact) mass is 375 g/mol. The number of hydrogen-bond acceptors (Lipinski definition) is 4. The van der Waals surface area contributed by atoms with Crippen molar-refractivity contribution in [3.8, 4) is 5.75 Å². The predicted octanol–water partition coefficient (Wildman–Crippen LogP) is 4.78. The van der Waals surface area contributed by atoms with E-state index in [0.29, 0.717) is 13.0 Å². The maximum atomic E-state index is 12.3. The topological polar surface area (TPSA) is 51.5 Å². The van der Waals surface area contributed by atoms with E-state index in [4.69, 9.17) is 9.15 Å². The van der Waals surface area contributed by atoms with E-state index >= 15 is 0 Å². The molecule has 2 rings (SSSR count). The summed E-state index contributed by atoms with van der Waals surface area (Å²) in [5, 5.41) is 2.95. The van der Waals surface area contributed by atoms with Crippen molar-refractivity contribution in [2.24, 2.45) is 0 Å². The normalized spacial score (nSPS) is 12.6. The van der Waals surface area contributed by atoms with Crippen LogP contribution in [0.2, 0.25) is 0 Å². The molecule has 0 aliphatic rings. The quantitative estimate of drug-likeness (QED) is 0.641. The van der Waals surface area contributed by atoms with E-state index in [2.05, 4.69) is 38.2 Å². The number of carbonyl (C=O) groups is 1. The summed E-state index contributed by atoms with van der Waals surface area (Å²) in [6.07, 6.45) is 1.84. The summed E-state index contributed by atoms with van der Waals surface area (Å²) < 4.78 is 11.2. The highest BCUT2D eigenvalue weighted by Gasteiger charge is 2.19. The predicted molar refractivity (Wildman–Crippen MR) is 108 cm³/mol. The van der Waals surface area contributed by atoms with E-state index in [1.54, 1.807) is 18.0 Å². The molecule has 0 radical (unpaired) electrons. The minimum atomic E-state index is -0.467. The van der Waals surface area contributed by atoms with Gasteiger partial charge in [0.25, 0.3) is 5.91 Å². The summed E-state index contributed by atoms with van der Waals surface area (Å²) in [5.74, 6) is 3.27. The Kier molecular flexibility index (Phi) is 7.64. The molecule has 0 aliphatic heterocycles. The summed E-state index contributed by atoms with van der Waals surface area (Å²) in [5.41, 5.74) is 1.35. The number of ether oxygens (including phenoxy) is 1. The summed E-state index contributed by atoms with van der Waals surface area (Å²) >= 11 is 1.73. The number of nitrogens with one attached hydrogen (secondary N) is 1. The Morgan fingerprint density at radius 1 is 1.23 bits per heavy atom. The number of furan rings is 1. The Morgan fingerprint density at radius 2 is 1.96 bits per heavy atom. The van der Waals surface area contributed by atoms with Gasteiger partial charge in [-0.1, -0.05) is 39.8 Å². The Bertz CT molecular complexity index is 660. The summed E-state index contributed by atoms with van der Waals surface area (Å²) in [4.78, 5) is 12.3. The highest BCUT2D eigenvalue weighted by atomic mass is 32.2. The van der Waals surface area contributed by atoms with Crippen molar-refractivity contribution < 1.29 is 13.9 Å². The maximum Gasteiger partial charge on any atom is 0.261 e. The van der Waals surface area contributed by atoms with Crippen molar-refractivity contribution in [3.05, 3.63) is 54.0 Å². The molecule has 142 valence electrons. The molecule has 1 aromatic carbocycles. The fraction of sp³-hybridized carbons (Fsp3) is 0.476. The lowest BCUT2D eigenvalue weighted by Gasteiger charge is -2.21. The standard InChI is InChI=1S/C21H29NO3S/c1-5-19(25-17-10-8-16(9-11-17)21(2,3)4)20(23)22-12-14-26-15-18-7-6-13-24-18/h6-11,13,19H,5,12,14-15H2,1-4H3,(H,22,23). The van der Waals surface area contributed by atoms with Crippen LogP contribution in [-0.4, -0.2) is 24.3 Å². The van der Waals surface area contributed by atoms with E-state index in [1.165, 1.54) is 5.56 Å². The molecule has 0 saturated carbocycles. The second-order valence-electron chi connectivity index (χ2n) is 7.21. The van der Waals surface area contributed by atoms with E-state index in [-0.39, 0.29) is 11.3 Å². The second-order valence-corrected chi connectivity index (χ2v) is 8.32. The van der Waals surface area contributed by atoms with Gasteiger partial charge >= 0.3 is 0 Å². The molecule has 1 amide bonds. The average molecular weight is 376 g/mol. The number of amides is 1. The molecule has 0 aliphatic carbocycles. The lowest BCUT2D eigenvalue weighted by molar-refractivity contribution is -0.127. The zero-order chi connectivity index (χ0) is 19.0. The number of thioether (sulfide) groups is 1. The van der Waals surface area contributed by atoms with Gasteiger partial charge in [0.15, 0.2) is 6.10 Å². The Balaban J connectivity index is 1.75. The minimum absolute atomic E-state index is 0.0639. The number of benzene rings is 1. The van der Waals surface area contributed by atoms with Gasteiger partial charge in [-0.05, 0) is 41.7 Å². The van der Waals surface area contributed by atoms with Crippen molar-refractivity contribution in [3.63, 3.8) is 0 Å². The third-order valence-corrected chi connectivity index (χ3v) is 5.01. The van der Waals surface area contributed by atoms with Crippen LogP contribution in [0.1, 0.15) is 45.4 Å². The van der Waals surface area contributed by atoms with Crippen LogP contribution < -0.4 is 10.1 Å². The van der Waals surface area contributed by atoms with Gasteiger partial charge in [-0.25, -0.2) is 0 Å². The molecule has 0 fully saturated rings. The highest BCUT2D eigenvalue weighted by Crippen LogP contribution is 2.24. The Labute approximate surface area is 160 Å². The van der Waals surface area contributed by atoms with Crippen molar-refractivity contribution in [2.75, 3.05) is 12.3 Å².